The van der Waals surface area contributed by atoms with Gasteiger partial charge in [-0.2, -0.15) is 0 Å². The number of benzene rings is 2. The molecule has 28 heavy (non-hydrogen) atoms. The summed E-state index contributed by atoms with van der Waals surface area (Å²) in [4.78, 5) is 22.8. The summed E-state index contributed by atoms with van der Waals surface area (Å²) in [5.74, 6) is -0.663. The second kappa shape index (κ2) is 7.43. The average molecular weight is 402 g/mol. The fourth-order valence-electron chi connectivity index (χ4n) is 2.87. The van der Waals surface area contributed by atoms with Gasteiger partial charge >= 0.3 is 5.97 Å². The minimum atomic E-state index is -3.99. The summed E-state index contributed by atoms with van der Waals surface area (Å²) in [6, 6.07) is 10.2. The maximum atomic E-state index is 13.2. The van der Waals surface area contributed by atoms with Gasteiger partial charge in [-0.25, -0.2) is 13.2 Å². The van der Waals surface area contributed by atoms with Crippen LogP contribution < -0.4 is 4.31 Å². The molecule has 3 rings (SSSR count). The fraction of sp³-hybridized carbons (Fsp3) is 0.211. The summed E-state index contributed by atoms with van der Waals surface area (Å²) in [7, 11) is -3.99. The monoisotopic (exact) mass is 402 g/mol. The lowest BCUT2D eigenvalue weighted by Gasteiger charge is -2.29. The molecule has 0 bridgehead atoms. The number of sulfonamides is 1. The molecule has 2 aromatic carbocycles. The zero-order valence-electron chi connectivity index (χ0n) is 15.3. The molecular formula is C19H18N2O6S. The second-order valence-corrected chi connectivity index (χ2v) is 8.08. The van der Waals surface area contributed by atoms with E-state index in [1.807, 2.05) is 6.92 Å². The zero-order valence-corrected chi connectivity index (χ0v) is 16.1. The van der Waals surface area contributed by atoms with Gasteiger partial charge in [0.15, 0.2) is 0 Å². The molecule has 0 unspecified atom stereocenters. The van der Waals surface area contributed by atoms with Gasteiger partial charge in [0.25, 0.3) is 15.7 Å². The van der Waals surface area contributed by atoms with E-state index in [-0.39, 0.29) is 40.6 Å². The van der Waals surface area contributed by atoms with Crippen molar-refractivity contribution in [1.29, 1.82) is 0 Å². The SMILES string of the molecule is CCOC(=O)C1=Cc2cc([N+](=O)[O-])ccc2N(S(=O)(=O)c2ccc(C)cc2)C1. The molecule has 0 atom stereocenters. The molecular weight excluding hydrogens is 384 g/mol. The highest BCUT2D eigenvalue weighted by molar-refractivity contribution is 7.92. The molecule has 0 saturated heterocycles. The number of nitro groups is 1. The molecule has 0 N–H and O–H groups in total. The molecule has 0 amide bonds. The van der Waals surface area contributed by atoms with Crippen LogP contribution in [0.4, 0.5) is 11.4 Å². The number of esters is 1. The third kappa shape index (κ3) is 3.61. The molecule has 8 nitrogen and oxygen atoms in total. The lowest BCUT2D eigenvalue weighted by Crippen LogP contribution is -2.37. The molecule has 0 fully saturated rings. The Kier molecular flexibility index (Phi) is 5.19. The quantitative estimate of drug-likeness (QED) is 0.432. The molecule has 1 aliphatic heterocycles. The second-order valence-electron chi connectivity index (χ2n) is 6.22. The van der Waals surface area contributed by atoms with Crippen molar-refractivity contribution in [3.63, 3.8) is 0 Å². The van der Waals surface area contributed by atoms with E-state index in [1.165, 1.54) is 36.4 Å². The first-order valence-corrected chi connectivity index (χ1v) is 9.93. The van der Waals surface area contributed by atoms with Crippen molar-refractivity contribution in [2.75, 3.05) is 17.5 Å². The number of non-ortho nitro benzene ring substituents is 1. The molecule has 1 aliphatic rings. The van der Waals surface area contributed by atoms with E-state index in [0.29, 0.717) is 0 Å². The molecule has 1 heterocycles. The molecule has 0 aliphatic carbocycles. The topological polar surface area (TPSA) is 107 Å². The number of fused-ring (bicyclic) bond motifs is 1. The van der Waals surface area contributed by atoms with Crippen LogP contribution in [0.2, 0.25) is 0 Å². The maximum Gasteiger partial charge on any atom is 0.335 e. The number of nitro benzene ring substituents is 1. The Morgan fingerprint density at radius 2 is 1.89 bits per heavy atom. The molecule has 146 valence electrons. The van der Waals surface area contributed by atoms with E-state index in [2.05, 4.69) is 0 Å². The third-order valence-corrected chi connectivity index (χ3v) is 6.05. The van der Waals surface area contributed by atoms with E-state index >= 15 is 0 Å². The first kappa shape index (κ1) is 19.6. The number of hydrogen-bond donors (Lipinski definition) is 0. The van der Waals surface area contributed by atoms with Crippen molar-refractivity contribution >= 4 is 33.4 Å². The number of carbonyl (C=O) groups excluding carboxylic acids is 1. The maximum absolute atomic E-state index is 13.2. The van der Waals surface area contributed by atoms with Gasteiger partial charge < -0.3 is 4.74 Å². The lowest BCUT2D eigenvalue weighted by atomic mass is 10.0. The Morgan fingerprint density at radius 3 is 2.50 bits per heavy atom. The Hall–Kier alpha value is -3.20. The van der Waals surface area contributed by atoms with E-state index < -0.39 is 20.9 Å². The average Bonchev–Trinajstić information content (AvgIpc) is 2.67. The molecule has 0 saturated carbocycles. The van der Waals surface area contributed by atoms with Crippen molar-refractivity contribution in [3.8, 4) is 0 Å². The van der Waals surface area contributed by atoms with Crippen LogP contribution in [-0.4, -0.2) is 32.5 Å². The summed E-state index contributed by atoms with van der Waals surface area (Å²) in [5.41, 5.74) is 1.33. The number of nitrogens with zero attached hydrogens (tertiary/aromatic N) is 2. The third-order valence-electron chi connectivity index (χ3n) is 4.28. The van der Waals surface area contributed by atoms with Crippen LogP contribution in [0.15, 0.2) is 52.9 Å². The van der Waals surface area contributed by atoms with Crippen LogP contribution in [-0.2, 0) is 19.6 Å². The van der Waals surface area contributed by atoms with Crippen molar-refractivity contribution in [1.82, 2.24) is 0 Å². The number of rotatable bonds is 5. The molecule has 2 aromatic rings. The van der Waals surface area contributed by atoms with Gasteiger partial charge in [0, 0.05) is 17.7 Å². The van der Waals surface area contributed by atoms with E-state index in [0.717, 1.165) is 9.87 Å². The highest BCUT2D eigenvalue weighted by atomic mass is 32.2. The van der Waals surface area contributed by atoms with Crippen molar-refractivity contribution < 1.29 is 22.9 Å². The van der Waals surface area contributed by atoms with Crippen molar-refractivity contribution in [3.05, 3.63) is 69.3 Å². The van der Waals surface area contributed by atoms with Gasteiger partial charge in [-0.05, 0) is 38.1 Å². The molecule has 0 spiro atoms. The fourth-order valence-corrected chi connectivity index (χ4v) is 4.34. The summed E-state index contributed by atoms with van der Waals surface area (Å²) in [5, 5.41) is 11.1. The Labute approximate surface area is 162 Å². The zero-order chi connectivity index (χ0) is 20.5. The summed E-state index contributed by atoms with van der Waals surface area (Å²) in [6.07, 6.45) is 1.43. The van der Waals surface area contributed by atoms with E-state index in [4.69, 9.17) is 4.74 Å². The van der Waals surface area contributed by atoms with E-state index in [9.17, 15) is 23.3 Å². The van der Waals surface area contributed by atoms with Crippen LogP contribution in [0.3, 0.4) is 0 Å². The Balaban J connectivity index is 2.14. The largest absolute Gasteiger partial charge is 0.463 e. The predicted octanol–water partition coefficient (Wildman–Crippen LogP) is 3.06. The number of carbonyl (C=O) groups is 1. The molecule has 0 radical (unpaired) electrons. The summed E-state index contributed by atoms with van der Waals surface area (Å²) >= 11 is 0. The normalized spacial score (nSPS) is 13.5. The van der Waals surface area contributed by atoms with Crippen LogP contribution in [0.25, 0.3) is 6.08 Å². The first-order chi connectivity index (χ1) is 13.2. The van der Waals surface area contributed by atoms with Gasteiger partial charge in [-0.15, -0.1) is 0 Å². The number of hydrogen-bond acceptors (Lipinski definition) is 6. The highest BCUT2D eigenvalue weighted by Crippen LogP contribution is 2.35. The standard InChI is InChI=1S/C19H18N2O6S/c1-3-27-19(22)15-10-14-11-16(21(23)24)6-9-18(14)20(12-15)28(25,26)17-7-4-13(2)5-8-17/h4-11H,3,12H2,1-2H3. The van der Waals surface area contributed by atoms with Crippen LogP contribution in [0, 0.1) is 17.0 Å². The highest BCUT2D eigenvalue weighted by Gasteiger charge is 2.33. The Bertz CT molecular complexity index is 1070. The molecule has 0 aromatic heterocycles. The first-order valence-electron chi connectivity index (χ1n) is 8.49. The lowest BCUT2D eigenvalue weighted by molar-refractivity contribution is -0.384. The number of aryl methyl sites for hydroxylation is 1. The van der Waals surface area contributed by atoms with Gasteiger partial charge in [0.1, 0.15) is 0 Å². The van der Waals surface area contributed by atoms with Crippen LogP contribution >= 0.6 is 0 Å². The number of anilines is 1. The summed E-state index contributed by atoms with van der Waals surface area (Å²) < 4.78 is 32.5. The minimum absolute atomic E-state index is 0.0625. The van der Waals surface area contributed by atoms with Gasteiger partial charge in [-0.3, -0.25) is 14.4 Å². The summed E-state index contributed by atoms with van der Waals surface area (Å²) in [6.45, 7) is 3.39. The Morgan fingerprint density at radius 1 is 1.21 bits per heavy atom. The van der Waals surface area contributed by atoms with Crippen molar-refractivity contribution in [2.45, 2.75) is 18.7 Å². The van der Waals surface area contributed by atoms with Gasteiger partial charge in [-0.1, -0.05) is 17.7 Å². The van der Waals surface area contributed by atoms with E-state index in [1.54, 1.807) is 19.1 Å². The number of ether oxygens (including phenoxy) is 1. The van der Waals surface area contributed by atoms with Gasteiger partial charge in [0.2, 0.25) is 0 Å². The molecule has 9 heteroatoms. The smallest absolute Gasteiger partial charge is 0.335 e. The minimum Gasteiger partial charge on any atom is -0.463 e. The van der Waals surface area contributed by atoms with Crippen LogP contribution in [0.1, 0.15) is 18.1 Å². The van der Waals surface area contributed by atoms with Crippen LogP contribution in [0.5, 0.6) is 0 Å². The van der Waals surface area contributed by atoms with Crippen molar-refractivity contribution in [2.24, 2.45) is 0 Å². The predicted molar refractivity (Wildman–Crippen MR) is 103 cm³/mol. The van der Waals surface area contributed by atoms with Gasteiger partial charge in [0.05, 0.1) is 34.2 Å².